The van der Waals surface area contributed by atoms with Crippen molar-refractivity contribution in [1.29, 1.82) is 0 Å². The van der Waals surface area contributed by atoms with Crippen LogP contribution in [0, 0.1) is 5.92 Å². The summed E-state index contributed by atoms with van der Waals surface area (Å²) < 4.78 is 26.0. The minimum atomic E-state index is -2.63. The number of rotatable bonds is 1. The lowest BCUT2D eigenvalue weighted by Gasteiger charge is -2.26. The van der Waals surface area contributed by atoms with Crippen LogP contribution >= 0.6 is 0 Å². The Morgan fingerprint density at radius 2 is 2.18 bits per heavy atom. The Kier molecular flexibility index (Phi) is 2.28. The van der Waals surface area contributed by atoms with Gasteiger partial charge in [0.2, 0.25) is 0 Å². The first-order valence-electron chi connectivity index (χ1n) is 3.83. The number of hydrogen-bond acceptors (Lipinski definition) is 1. The van der Waals surface area contributed by atoms with E-state index in [1.807, 2.05) is 0 Å². The molecule has 1 aliphatic rings. The van der Waals surface area contributed by atoms with Crippen molar-refractivity contribution in [1.82, 2.24) is 5.32 Å². The van der Waals surface area contributed by atoms with Gasteiger partial charge in [-0.05, 0) is 11.5 Å². The molecule has 0 amide bonds. The molecule has 11 heavy (non-hydrogen) atoms. The highest BCUT2D eigenvalue weighted by molar-refractivity contribution is 5.19. The zero-order valence-electron chi connectivity index (χ0n) is 6.82. The normalized spacial score (nSPS) is 23.5. The highest BCUT2D eigenvalue weighted by Gasteiger charge is 2.36. The first-order chi connectivity index (χ1) is 5.04. The lowest BCUT2D eigenvalue weighted by atomic mass is 9.94. The van der Waals surface area contributed by atoms with Crippen LogP contribution in [0.2, 0.25) is 0 Å². The van der Waals surface area contributed by atoms with E-state index in [1.54, 1.807) is 19.9 Å². The Morgan fingerprint density at radius 1 is 1.55 bits per heavy atom. The van der Waals surface area contributed by atoms with Crippen molar-refractivity contribution in [2.24, 2.45) is 5.92 Å². The Morgan fingerprint density at radius 3 is 2.55 bits per heavy atom. The average molecular weight is 161 g/mol. The predicted molar refractivity (Wildman–Crippen MR) is 40.7 cm³/mol. The molecule has 0 radical (unpaired) electrons. The van der Waals surface area contributed by atoms with Crippen molar-refractivity contribution in [3.63, 3.8) is 0 Å². The maximum atomic E-state index is 13.0. The summed E-state index contributed by atoms with van der Waals surface area (Å²) in [5, 5.41) is 2.63. The van der Waals surface area contributed by atoms with E-state index < -0.39 is 5.92 Å². The van der Waals surface area contributed by atoms with Crippen molar-refractivity contribution >= 4 is 0 Å². The van der Waals surface area contributed by atoms with Crippen LogP contribution in [0.1, 0.15) is 13.8 Å². The molecule has 1 rings (SSSR count). The van der Waals surface area contributed by atoms with Crippen molar-refractivity contribution in [3.05, 3.63) is 11.6 Å². The van der Waals surface area contributed by atoms with E-state index in [1.165, 1.54) is 0 Å². The zero-order chi connectivity index (χ0) is 8.48. The molecule has 0 aliphatic carbocycles. The fourth-order valence-electron chi connectivity index (χ4n) is 1.32. The van der Waals surface area contributed by atoms with Crippen molar-refractivity contribution in [2.45, 2.75) is 19.8 Å². The third kappa shape index (κ3) is 1.77. The second-order valence-electron chi connectivity index (χ2n) is 3.15. The second-order valence-corrected chi connectivity index (χ2v) is 3.15. The van der Waals surface area contributed by atoms with Crippen LogP contribution in [0.25, 0.3) is 0 Å². The SMILES string of the molecule is CC(C)C1=CCNCC1(F)F. The number of nitrogens with one attached hydrogen (secondary N) is 1. The summed E-state index contributed by atoms with van der Waals surface area (Å²) in [5.41, 5.74) is 0.274. The zero-order valence-corrected chi connectivity index (χ0v) is 6.82. The molecule has 0 aromatic heterocycles. The molecule has 0 aromatic rings. The van der Waals surface area contributed by atoms with Crippen LogP contribution in [0.3, 0.4) is 0 Å². The maximum absolute atomic E-state index is 13.0. The van der Waals surface area contributed by atoms with E-state index >= 15 is 0 Å². The lowest BCUT2D eigenvalue weighted by Crippen LogP contribution is -2.40. The molecule has 1 nitrogen and oxygen atoms in total. The summed E-state index contributed by atoms with van der Waals surface area (Å²) in [4.78, 5) is 0. The summed E-state index contributed by atoms with van der Waals surface area (Å²) in [5.74, 6) is -2.68. The summed E-state index contributed by atoms with van der Waals surface area (Å²) in [6.45, 7) is 3.95. The van der Waals surface area contributed by atoms with E-state index in [-0.39, 0.29) is 18.0 Å². The Labute approximate surface area is 65.5 Å². The highest BCUT2D eigenvalue weighted by atomic mass is 19.3. The number of halogens is 2. The van der Waals surface area contributed by atoms with Gasteiger partial charge in [-0.15, -0.1) is 0 Å². The standard InChI is InChI=1S/C8H13F2N/c1-6(2)7-3-4-11-5-8(7,9)10/h3,6,11H,4-5H2,1-2H3. The van der Waals surface area contributed by atoms with Gasteiger partial charge in [-0.2, -0.15) is 0 Å². The van der Waals surface area contributed by atoms with E-state index in [0.717, 1.165) is 0 Å². The smallest absolute Gasteiger partial charge is 0.281 e. The van der Waals surface area contributed by atoms with E-state index in [4.69, 9.17) is 0 Å². The van der Waals surface area contributed by atoms with Crippen molar-refractivity contribution < 1.29 is 8.78 Å². The summed E-state index contributed by atoms with van der Waals surface area (Å²) in [6.07, 6.45) is 1.59. The van der Waals surface area contributed by atoms with Crippen LogP contribution in [0.5, 0.6) is 0 Å². The molecule has 1 aliphatic heterocycles. The first-order valence-corrected chi connectivity index (χ1v) is 3.83. The summed E-state index contributed by atoms with van der Waals surface area (Å²) in [7, 11) is 0. The van der Waals surface area contributed by atoms with Crippen LogP contribution < -0.4 is 5.32 Å². The van der Waals surface area contributed by atoms with Crippen LogP contribution in [0.4, 0.5) is 8.78 Å². The molecular weight excluding hydrogens is 148 g/mol. The van der Waals surface area contributed by atoms with Crippen LogP contribution in [0.15, 0.2) is 11.6 Å². The fourth-order valence-corrected chi connectivity index (χ4v) is 1.32. The minimum absolute atomic E-state index is 0.0490. The van der Waals surface area contributed by atoms with Gasteiger partial charge >= 0.3 is 0 Å². The van der Waals surface area contributed by atoms with E-state index in [9.17, 15) is 8.78 Å². The molecular formula is C8H13F2N. The van der Waals surface area contributed by atoms with Gasteiger partial charge in [0, 0.05) is 6.54 Å². The van der Waals surface area contributed by atoms with Gasteiger partial charge in [0.05, 0.1) is 6.54 Å². The fraction of sp³-hybridized carbons (Fsp3) is 0.750. The van der Waals surface area contributed by atoms with Gasteiger partial charge in [0.15, 0.2) is 0 Å². The van der Waals surface area contributed by atoms with Crippen molar-refractivity contribution in [2.75, 3.05) is 13.1 Å². The van der Waals surface area contributed by atoms with Gasteiger partial charge < -0.3 is 5.32 Å². The minimum Gasteiger partial charge on any atom is -0.307 e. The number of hydrogen-bond donors (Lipinski definition) is 1. The molecule has 0 unspecified atom stereocenters. The summed E-state index contributed by atoms with van der Waals surface area (Å²) in [6, 6.07) is 0. The van der Waals surface area contributed by atoms with Gasteiger partial charge in [-0.25, -0.2) is 8.78 Å². The van der Waals surface area contributed by atoms with Gasteiger partial charge in [0.1, 0.15) is 0 Å². The highest BCUT2D eigenvalue weighted by Crippen LogP contribution is 2.30. The number of alkyl halides is 2. The van der Waals surface area contributed by atoms with Gasteiger partial charge in [0.25, 0.3) is 5.92 Å². The topological polar surface area (TPSA) is 12.0 Å². The molecule has 64 valence electrons. The molecule has 0 atom stereocenters. The van der Waals surface area contributed by atoms with E-state index in [2.05, 4.69) is 5.32 Å². The summed E-state index contributed by atoms with van der Waals surface area (Å²) >= 11 is 0. The van der Waals surface area contributed by atoms with Gasteiger partial charge in [-0.1, -0.05) is 19.9 Å². The largest absolute Gasteiger partial charge is 0.307 e. The predicted octanol–water partition coefficient (Wildman–Crippen LogP) is 1.81. The lowest BCUT2D eigenvalue weighted by molar-refractivity contribution is 0.0288. The van der Waals surface area contributed by atoms with E-state index in [0.29, 0.717) is 6.54 Å². The Hall–Kier alpha value is -0.440. The van der Waals surface area contributed by atoms with Crippen LogP contribution in [-0.2, 0) is 0 Å². The molecule has 1 N–H and O–H groups in total. The molecule has 0 saturated heterocycles. The average Bonchev–Trinajstić information content (AvgIpc) is 1.85. The Bertz CT molecular complexity index is 173. The molecule has 0 bridgehead atoms. The monoisotopic (exact) mass is 161 g/mol. The third-order valence-corrected chi connectivity index (χ3v) is 1.86. The quantitative estimate of drug-likeness (QED) is 0.578. The molecule has 0 aromatic carbocycles. The molecule has 3 heteroatoms. The second kappa shape index (κ2) is 2.89. The van der Waals surface area contributed by atoms with Crippen molar-refractivity contribution in [3.8, 4) is 0 Å². The third-order valence-electron chi connectivity index (χ3n) is 1.86. The molecule has 0 fully saturated rings. The molecule has 0 saturated carbocycles. The van der Waals surface area contributed by atoms with Gasteiger partial charge in [-0.3, -0.25) is 0 Å². The maximum Gasteiger partial charge on any atom is 0.281 e. The molecule has 1 heterocycles. The molecule has 0 spiro atoms. The van der Waals surface area contributed by atoms with Crippen LogP contribution in [-0.4, -0.2) is 19.0 Å². The Balaban J connectivity index is 2.80. The first kappa shape index (κ1) is 8.65.